The van der Waals surface area contributed by atoms with Crippen LogP contribution in [0.25, 0.3) is 0 Å². The van der Waals surface area contributed by atoms with E-state index >= 15 is 0 Å². The summed E-state index contributed by atoms with van der Waals surface area (Å²) in [6.07, 6.45) is 2.78. The molecule has 8 nitrogen and oxygen atoms in total. The molecule has 0 saturated heterocycles. The van der Waals surface area contributed by atoms with Gasteiger partial charge in [-0.15, -0.1) is 0 Å². The van der Waals surface area contributed by atoms with Crippen molar-refractivity contribution in [2.24, 2.45) is 0 Å². The topological polar surface area (TPSA) is 98.4 Å². The van der Waals surface area contributed by atoms with Crippen LogP contribution in [0, 0.1) is 0 Å². The van der Waals surface area contributed by atoms with Gasteiger partial charge in [0.15, 0.2) is 11.5 Å². The van der Waals surface area contributed by atoms with Crippen molar-refractivity contribution in [3.8, 4) is 17.2 Å². The molecule has 0 saturated carbocycles. The Balaban J connectivity index is 1.70. The summed E-state index contributed by atoms with van der Waals surface area (Å²) in [6.45, 7) is 0. The van der Waals surface area contributed by atoms with Gasteiger partial charge in [-0.1, -0.05) is 36.4 Å². The molecule has 1 heterocycles. The van der Waals surface area contributed by atoms with Gasteiger partial charge in [0.25, 0.3) is 0 Å². The van der Waals surface area contributed by atoms with Crippen LogP contribution in [0.15, 0.2) is 48.8 Å². The van der Waals surface area contributed by atoms with Crippen LogP contribution in [-0.4, -0.2) is 42.4 Å². The summed E-state index contributed by atoms with van der Waals surface area (Å²) in [6, 6.07) is 13.3. The van der Waals surface area contributed by atoms with Gasteiger partial charge in [0, 0.05) is 12.8 Å². The molecule has 0 spiro atoms. The molecule has 0 aliphatic carbocycles. The maximum Gasteiger partial charge on any atom is 0.220 e. The first kappa shape index (κ1) is 21.2. The zero-order valence-electron chi connectivity index (χ0n) is 17.3. The lowest BCUT2D eigenvalue weighted by molar-refractivity contribution is -0.121. The fourth-order valence-electron chi connectivity index (χ4n) is 3.33. The Hall–Kier alpha value is -3.55. The minimum atomic E-state index is -0.209. The lowest BCUT2D eigenvalue weighted by Gasteiger charge is -2.19. The first-order valence-electron chi connectivity index (χ1n) is 9.62. The molecule has 8 heteroatoms. The molecule has 1 atom stereocenters. The van der Waals surface area contributed by atoms with E-state index in [1.54, 1.807) is 21.3 Å². The minimum absolute atomic E-state index is 0.0693. The molecule has 30 heavy (non-hydrogen) atoms. The quantitative estimate of drug-likeness (QED) is 0.533. The minimum Gasteiger partial charge on any atom is -0.493 e. The highest BCUT2D eigenvalue weighted by atomic mass is 16.5. The van der Waals surface area contributed by atoms with Crippen LogP contribution in [0.5, 0.6) is 17.2 Å². The lowest BCUT2D eigenvalue weighted by atomic mass is 10.0. The van der Waals surface area contributed by atoms with Crippen molar-refractivity contribution >= 4 is 5.91 Å². The number of carbonyl (C=O) groups excluding carboxylic acids is 1. The summed E-state index contributed by atoms with van der Waals surface area (Å²) in [5.74, 6) is 2.32. The fourth-order valence-corrected chi connectivity index (χ4v) is 3.33. The third kappa shape index (κ3) is 5.08. The monoisotopic (exact) mass is 410 g/mol. The van der Waals surface area contributed by atoms with Gasteiger partial charge in [-0.3, -0.25) is 9.89 Å². The average Bonchev–Trinajstić information content (AvgIpc) is 3.30. The Labute approximate surface area is 175 Å². The summed E-state index contributed by atoms with van der Waals surface area (Å²) in [5.41, 5.74) is 1.88. The van der Waals surface area contributed by atoms with Crippen LogP contribution in [0.4, 0.5) is 0 Å². The molecule has 3 rings (SSSR count). The maximum absolute atomic E-state index is 12.8. The summed E-state index contributed by atoms with van der Waals surface area (Å²) >= 11 is 0. The normalized spacial score (nSPS) is 11.6. The second-order valence-corrected chi connectivity index (χ2v) is 6.66. The number of aryl methyl sites for hydroxylation is 1. The third-order valence-electron chi connectivity index (χ3n) is 4.81. The number of ether oxygens (including phenoxy) is 3. The van der Waals surface area contributed by atoms with Crippen molar-refractivity contribution in [2.45, 2.75) is 25.3 Å². The van der Waals surface area contributed by atoms with E-state index < -0.39 is 0 Å². The standard InChI is InChI=1S/C22H26N4O4/c1-28-18-11-9-16(21(29-2)22(18)30-3)10-12-20(27)25-17(13-19-23-14-24-26-19)15-7-5-4-6-8-15/h4-9,11,14,17H,10,12-13H2,1-3H3,(H,25,27)(H,23,24,26). The van der Waals surface area contributed by atoms with Crippen LogP contribution in [-0.2, 0) is 17.6 Å². The third-order valence-corrected chi connectivity index (χ3v) is 4.81. The molecule has 3 aromatic rings. The first-order chi connectivity index (χ1) is 14.7. The zero-order chi connectivity index (χ0) is 21.3. The van der Waals surface area contributed by atoms with Crippen LogP contribution in [0.2, 0.25) is 0 Å². The number of amides is 1. The summed E-state index contributed by atoms with van der Waals surface area (Å²) in [4.78, 5) is 16.9. The van der Waals surface area contributed by atoms with Gasteiger partial charge in [-0.05, 0) is 23.6 Å². The van der Waals surface area contributed by atoms with E-state index in [1.807, 2.05) is 42.5 Å². The molecule has 1 amide bonds. The van der Waals surface area contributed by atoms with Crippen LogP contribution < -0.4 is 19.5 Å². The van der Waals surface area contributed by atoms with Gasteiger partial charge in [0.2, 0.25) is 11.7 Å². The molecule has 0 aliphatic heterocycles. The molecular weight excluding hydrogens is 384 g/mol. The molecule has 0 aliphatic rings. The molecule has 0 bridgehead atoms. The highest BCUT2D eigenvalue weighted by molar-refractivity contribution is 5.77. The van der Waals surface area contributed by atoms with Crippen LogP contribution in [0.3, 0.4) is 0 Å². The Morgan fingerprint density at radius 3 is 2.43 bits per heavy atom. The Morgan fingerprint density at radius 1 is 1.03 bits per heavy atom. The van der Waals surface area contributed by atoms with E-state index in [2.05, 4.69) is 20.5 Å². The molecular formula is C22H26N4O4. The Morgan fingerprint density at radius 2 is 1.80 bits per heavy atom. The molecule has 2 aromatic carbocycles. The van der Waals surface area contributed by atoms with Gasteiger partial charge < -0.3 is 19.5 Å². The Kier molecular flexibility index (Phi) is 7.26. The van der Waals surface area contributed by atoms with Crippen molar-refractivity contribution in [3.63, 3.8) is 0 Å². The smallest absolute Gasteiger partial charge is 0.220 e. The number of rotatable bonds is 10. The number of aromatic nitrogens is 3. The summed E-state index contributed by atoms with van der Waals surface area (Å²) in [5, 5.41) is 9.85. The van der Waals surface area contributed by atoms with Gasteiger partial charge in [-0.2, -0.15) is 5.10 Å². The zero-order valence-corrected chi connectivity index (χ0v) is 17.3. The number of nitrogens with zero attached hydrogens (tertiary/aromatic N) is 2. The highest BCUT2D eigenvalue weighted by Gasteiger charge is 2.19. The van der Waals surface area contributed by atoms with E-state index in [1.165, 1.54) is 6.33 Å². The number of hydrogen-bond donors (Lipinski definition) is 2. The van der Waals surface area contributed by atoms with Gasteiger partial charge in [-0.25, -0.2) is 4.98 Å². The summed E-state index contributed by atoms with van der Waals surface area (Å²) < 4.78 is 16.2. The molecule has 0 fully saturated rings. The molecule has 158 valence electrons. The number of nitrogens with one attached hydrogen (secondary N) is 2. The summed E-state index contributed by atoms with van der Waals surface area (Å²) in [7, 11) is 4.71. The van der Waals surface area contributed by atoms with Crippen molar-refractivity contribution in [2.75, 3.05) is 21.3 Å². The second kappa shape index (κ2) is 10.3. The molecule has 0 radical (unpaired) electrons. The van der Waals surface area contributed by atoms with Gasteiger partial charge >= 0.3 is 0 Å². The number of hydrogen-bond acceptors (Lipinski definition) is 6. The number of aromatic amines is 1. The average molecular weight is 410 g/mol. The van der Waals surface area contributed by atoms with Gasteiger partial charge in [0.05, 0.1) is 27.4 Å². The van der Waals surface area contributed by atoms with Gasteiger partial charge in [0.1, 0.15) is 12.2 Å². The highest BCUT2D eigenvalue weighted by Crippen LogP contribution is 2.40. The van der Waals surface area contributed by atoms with Crippen molar-refractivity contribution in [1.82, 2.24) is 20.5 Å². The molecule has 1 aromatic heterocycles. The predicted octanol–water partition coefficient (Wildman–Crippen LogP) is 2.86. The second-order valence-electron chi connectivity index (χ2n) is 6.66. The maximum atomic E-state index is 12.8. The van der Waals surface area contributed by atoms with E-state index in [-0.39, 0.29) is 11.9 Å². The number of H-pyrrole nitrogens is 1. The number of carbonyl (C=O) groups is 1. The van der Waals surface area contributed by atoms with Crippen LogP contribution >= 0.6 is 0 Å². The van der Waals surface area contributed by atoms with Crippen molar-refractivity contribution in [1.29, 1.82) is 0 Å². The van der Waals surface area contributed by atoms with Crippen molar-refractivity contribution in [3.05, 3.63) is 65.7 Å². The number of methoxy groups -OCH3 is 3. The largest absolute Gasteiger partial charge is 0.493 e. The van der Waals surface area contributed by atoms with E-state index in [0.29, 0.717) is 42.3 Å². The first-order valence-corrected chi connectivity index (χ1v) is 9.62. The van der Waals surface area contributed by atoms with Crippen LogP contribution in [0.1, 0.15) is 29.4 Å². The molecule has 2 N–H and O–H groups in total. The van der Waals surface area contributed by atoms with Crippen molar-refractivity contribution < 1.29 is 19.0 Å². The van der Waals surface area contributed by atoms with E-state index in [4.69, 9.17) is 14.2 Å². The van der Waals surface area contributed by atoms with E-state index in [0.717, 1.165) is 11.1 Å². The van der Waals surface area contributed by atoms with E-state index in [9.17, 15) is 4.79 Å². The fraction of sp³-hybridized carbons (Fsp3) is 0.318. The predicted molar refractivity (Wildman–Crippen MR) is 112 cm³/mol. The number of benzene rings is 2. The Bertz CT molecular complexity index is 945. The SMILES string of the molecule is COc1ccc(CCC(=O)NC(Cc2ncn[nH]2)c2ccccc2)c(OC)c1OC. The molecule has 1 unspecified atom stereocenters. The lowest BCUT2D eigenvalue weighted by Crippen LogP contribution is -2.30.